The Hall–Kier alpha value is -0.840. The molecule has 0 amide bonds. The molecule has 0 atom stereocenters. The lowest BCUT2D eigenvalue weighted by molar-refractivity contribution is 0.136. The van der Waals surface area contributed by atoms with Gasteiger partial charge < -0.3 is 15.1 Å². The van der Waals surface area contributed by atoms with Crippen LogP contribution in [0.4, 0.5) is 5.69 Å². The number of piperidine rings is 1. The second kappa shape index (κ2) is 7.43. The molecule has 3 nitrogen and oxygen atoms in total. The lowest BCUT2D eigenvalue weighted by atomic mass is 10.0. The molecular formula is C16H24ClN3S. The number of para-hydroxylation sites is 1. The molecule has 0 aromatic heterocycles. The number of nitrogens with zero attached hydrogens (tertiary/aromatic N) is 2. The molecule has 21 heavy (non-hydrogen) atoms. The minimum atomic E-state index is 0.592. The summed E-state index contributed by atoms with van der Waals surface area (Å²) < 4.78 is 0. The molecule has 1 saturated heterocycles. The summed E-state index contributed by atoms with van der Waals surface area (Å²) >= 11 is 11.7. The molecule has 1 aliphatic heterocycles. The van der Waals surface area contributed by atoms with E-state index in [4.69, 9.17) is 23.8 Å². The minimum Gasteiger partial charge on any atom is -0.349 e. The molecule has 1 aromatic rings. The van der Waals surface area contributed by atoms with E-state index < -0.39 is 0 Å². The lowest BCUT2D eigenvalue weighted by Crippen LogP contribution is -2.48. The van der Waals surface area contributed by atoms with Gasteiger partial charge in [0.25, 0.3) is 0 Å². The van der Waals surface area contributed by atoms with Crippen LogP contribution in [0.25, 0.3) is 0 Å². The Morgan fingerprint density at radius 1 is 1.33 bits per heavy atom. The van der Waals surface area contributed by atoms with Gasteiger partial charge in [0, 0.05) is 25.2 Å². The topological polar surface area (TPSA) is 18.5 Å². The second-order valence-electron chi connectivity index (χ2n) is 5.89. The quantitative estimate of drug-likeness (QED) is 0.851. The summed E-state index contributed by atoms with van der Waals surface area (Å²) in [6.07, 6.45) is 2.30. The number of thiocarbonyl (C=S) groups is 1. The van der Waals surface area contributed by atoms with Crippen LogP contribution < -0.4 is 5.32 Å². The van der Waals surface area contributed by atoms with Gasteiger partial charge in [0.1, 0.15) is 0 Å². The van der Waals surface area contributed by atoms with Crippen LogP contribution in [0.5, 0.6) is 0 Å². The van der Waals surface area contributed by atoms with Crippen molar-refractivity contribution >= 4 is 34.6 Å². The molecular weight excluding hydrogens is 302 g/mol. The van der Waals surface area contributed by atoms with Crippen LogP contribution >= 0.6 is 23.8 Å². The number of rotatable bonds is 3. The van der Waals surface area contributed by atoms with Crippen LogP contribution in [0, 0.1) is 0 Å². The molecule has 1 N–H and O–H groups in total. The summed E-state index contributed by atoms with van der Waals surface area (Å²) in [5.41, 5.74) is 0.880. The van der Waals surface area contributed by atoms with Gasteiger partial charge >= 0.3 is 0 Å². The van der Waals surface area contributed by atoms with Gasteiger partial charge in [0.2, 0.25) is 0 Å². The van der Waals surface area contributed by atoms with E-state index in [9.17, 15) is 0 Å². The molecule has 0 radical (unpaired) electrons. The average Bonchev–Trinajstić information content (AvgIpc) is 2.49. The first-order valence-electron chi connectivity index (χ1n) is 7.51. The molecule has 0 aliphatic carbocycles. The van der Waals surface area contributed by atoms with Crippen molar-refractivity contribution in [3.8, 4) is 0 Å². The van der Waals surface area contributed by atoms with Crippen LogP contribution in [0.3, 0.4) is 0 Å². The van der Waals surface area contributed by atoms with Crippen molar-refractivity contribution in [3.05, 3.63) is 29.3 Å². The predicted octanol–water partition coefficient (Wildman–Crippen LogP) is 3.84. The summed E-state index contributed by atoms with van der Waals surface area (Å²) in [6.45, 7) is 6.49. The summed E-state index contributed by atoms with van der Waals surface area (Å²) in [5.74, 6) is 0. The number of nitrogens with one attached hydrogen (secondary N) is 1. The van der Waals surface area contributed by atoms with Crippen LogP contribution in [0.1, 0.15) is 26.7 Å². The molecule has 1 fully saturated rings. The highest BCUT2D eigenvalue weighted by molar-refractivity contribution is 7.80. The number of likely N-dealkylation sites (tertiary alicyclic amines) is 1. The first kappa shape index (κ1) is 16.5. The fourth-order valence-corrected chi connectivity index (χ4v) is 3.13. The van der Waals surface area contributed by atoms with Crippen molar-refractivity contribution < 1.29 is 0 Å². The summed E-state index contributed by atoms with van der Waals surface area (Å²) in [7, 11) is 2.21. The summed E-state index contributed by atoms with van der Waals surface area (Å²) in [6, 6.07) is 8.95. The zero-order valence-corrected chi connectivity index (χ0v) is 14.5. The number of hydrogen-bond donors (Lipinski definition) is 1. The highest BCUT2D eigenvalue weighted by Crippen LogP contribution is 2.22. The van der Waals surface area contributed by atoms with Gasteiger partial charge in [-0.3, -0.25) is 0 Å². The number of hydrogen-bond acceptors (Lipinski definition) is 2. The zero-order chi connectivity index (χ0) is 15.4. The molecule has 1 aliphatic rings. The monoisotopic (exact) mass is 325 g/mol. The third-order valence-corrected chi connectivity index (χ3v) is 4.95. The third kappa shape index (κ3) is 4.31. The number of anilines is 1. The normalized spacial score (nSPS) is 16.6. The van der Waals surface area contributed by atoms with Crippen molar-refractivity contribution in [1.29, 1.82) is 0 Å². The van der Waals surface area contributed by atoms with E-state index in [-0.39, 0.29) is 0 Å². The zero-order valence-electron chi connectivity index (χ0n) is 13.0. The molecule has 0 spiro atoms. The first-order valence-corrected chi connectivity index (χ1v) is 8.30. The standard InChI is InChI=1S/C16H24ClN3S/c1-12(2)19(3)13-8-10-20(11-9-13)16(21)18-15-7-5-4-6-14(15)17/h4-7,12-13H,8-11H2,1-3H3,(H,18,21). The van der Waals surface area contributed by atoms with Crippen LogP contribution in [-0.2, 0) is 0 Å². The van der Waals surface area contributed by atoms with Crippen molar-refractivity contribution in [2.24, 2.45) is 0 Å². The highest BCUT2D eigenvalue weighted by Gasteiger charge is 2.24. The van der Waals surface area contributed by atoms with E-state index in [1.54, 1.807) is 0 Å². The van der Waals surface area contributed by atoms with E-state index in [2.05, 4.69) is 36.0 Å². The van der Waals surface area contributed by atoms with Crippen molar-refractivity contribution in [2.45, 2.75) is 38.8 Å². The first-order chi connectivity index (χ1) is 9.99. The second-order valence-corrected chi connectivity index (χ2v) is 6.68. The SMILES string of the molecule is CC(C)N(C)C1CCN(C(=S)Nc2ccccc2Cl)CC1. The molecule has 1 heterocycles. The Morgan fingerprint density at radius 2 is 1.95 bits per heavy atom. The Kier molecular flexibility index (Phi) is 5.85. The van der Waals surface area contributed by atoms with E-state index >= 15 is 0 Å². The van der Waals surface area contributed by atoms with E-state index in [1.165, 1.54) is 0 Å². The van der Waals surface area contributed by atoms with Crippen molar-refractivity contribution in [1.82, 2.24) is 9.80 Å². The maximum atomic E-state index is 6.16. The minimum absolute atomic E-state index is 0.592. The van der Waals surface area contributed by atoms with Gasteiger partial charge in [-0.25, -0.2) is 0 Å². The highest BCUT2D eigenvalue weighted by atomic mass is 35.5. The number of halogens is 1. The maximum absolute atomic E-state index is 6.16. The molecule has 116 valence electrons. The van der Waals surface area contributed by atoms with Crippen LogP contribution in [0.15, 0.2) is 24.3 Å². The Bertz CT molecular complexity index is 484. The smallest absolute Gasteiger partial charge is 0.173 e. The van der Waals surface area contributed by atoms with Crippen molar-refractivity contribution in [2.75, 3.05) is 25.5 Å². The third-order valence-electron chi connectivity index (χ3n) is 4.26. The van der Waals surface area contributed by atoms with Crippen LogP contribution in [0.2, 0.25) is 5.02 Å². The predicted molar refractivity (Wildman–Crippen MR) is 95.2 cm³/mol. The Labute approximate surface area is 138 Å². The molecule has 1 aromatic carbocycles. The summed E-state index contributed by atoms with van der Waals surface area (Å²) in [5, 5.41) is 4.73. The largest absolute Gasteiger partial charge is 0.349 e. The van der Waals surface area contributed by atoms with Gasteiger partial charge in [-0.15, -0.1) is 0 Å². The van der Waals surface area contributed by atoms with E-state index in [0.29, 0.717) is 17.1 Å². The summed E-state index contributed by atoms with van der Waals surface area (Å²) in [4.78, 5) is 4.70. The van der Waals surface area contributed by atoms with Gasteiger partial charge in [-0.2, -0.15) is 0 Å². The molecule has 0 saturated carbocycles. The van der Waals surface area contributed by atoms with Crippen molar-refractivity contribution in [3.63, 3.8) is 0 Å². The fraction of sp³-hybridized carbons (Fsp3) is 0.562. The average molecular weight is 326 g/mol. The number of benzene rings is 1. The van der Waals surface area contributed by atoms with Gasteiger partial charge in [-0.05, 0) is 58.1 Å². The van der Waals surface area contributed by atoms with Gasteiger partial charge in [0.15, 0.2) is 5.11 Å². The van der Waals surface area contributed by atoms with Gasteiger partial charge in [-0.1, -0.05) is 23.7 Å². The molecule has 5 heteroatoms. The maximum Gasteiger partial charge on any atom is 0.173 e. The van der Waals surface area contributed by atoms with Gasteiger partial charge in [0.05, 0.1) is 10.7 Å². The molecule has 2 rings (SSSR count). The Balaban J connectivity index is 1.88. The van der Waals surface area contributed by atoms with Crippen LogP contribution in [-0.4, -0.2) is 47.1 Å². The Morgan fingerprint density at radius 3 is 2.52 bits per heavy atom. The van der Waals surface area contributed by atoms with E-state index in [1.807, 2.05) is 24.3 Å². The molecule has 0 unspecified atom stereocenters. The van der Waals surface area contributed by atoms with E-state index in [0.717, 1.165) is 36.7 Å². The molecule has 0 bridgehead atoms. The fourth-order valence-electron chi connectivity index (χ4n) is 2.65. The lowest BCUT2D eigenvalue weighted by Gasteiger charge is -2.39.